The second kappa shape index (κ2) is 11.5. The Morgan fingerprint density at radius 3 is 2.35 bits per heavy atom. The summed E-state index contributed by atoms with van der Waals surface area (Å²) in [4.78, 5) is 19.7. The minimum absolute atomic E-state index is 0.154. The molecule has 214 valence electrons. The zero-order valence-electron chi connectivity index (χ0n) is 21.4. The number of nitrogens with zero attached hydrogens (tertiary/aromatic N) is 3. The van der Waals surface area contributed by atoms with Crippen LogP contribution in [-0.4, -0.2) is 54.5 Å². The molecule has 2 aromatic carbocycles. The summed E-state index contributed by atoms with van der Waals surface area (Å²) in [5.74, 6) is -2.31. The average Bonchev–Trinajstić information content (AvgIpc) is 3.33. The highest BCUT2D eigenvalue weighted by atomic mass is 32.2. The smallest absolute Gasteiger partial charge is 0.451 e. The van der Waals surface area contributed by atoms with Gasteiger partial charge in [-0.05, 0) is 53.9 Å². The number of benzene rings is 2. The van der Waals surface area contributed by atoms with Gasteiger partial charge in [-0.1, -0.05) is 6.92 Å². The summed E-state index contributed by atoms with van der Waals surface area (Å²) in [6.07, 6.45) is -4.05. The maximum atomic E-state index is 14.4. The van der Waals surface area contributed by atoms with Gasteiger partial charge in [0.25, 0.3) is 0 Å². The number of aromatic nitrogens is 2. The van der Waals surface area contributed by atoms with E-state index in [1.54, 1.807) is 12.1 Å². The number of alkyl halides is 4. The number of sulfonamides is 1. The van der Waals surface area contributed by atoms with Crippen molar-refractivity contribution in [2.45, 2.75) is 49.6 Å². The molecule has 1 amide bonds. The van der Waals surface area contributed by atoms with Crippen molar-refractivity contribution in [2.24, 2.45) is 0 Å². The molecule has 2 heterocycles. The predicted molar refractivity (Wildman–Crippen MR) is 134 cm³/mol. The second-order valence-electron chi connectivity index (χ2n) is 9.06. The number of carbonyl (C=O) groups is 1. The van der Waals surface area contributed by atoms with Crippen LogP contribution >= 0.6 is 0 Å². The van der Waals surface area contributed by atoms with Crippen molar-refractivity contribution in [3.8, 4) is 16.9 Å². The van der Waals surface area contributed by atoms with Crippen LogP contribution in [0.25, 0.3) is 11.1 Å². The van der Waals surface area contributed by atoms with Crippen LogP contribution in [0.2, 0.25) is 0 Å². The molecule has 40 heavy (non-hydrogen) atoms. The summed E-state index contributed by atoms with van der Waals surface area (Å²) in [6.45, 7) is 1.15. The van der Waals surface area contributed by atoms with Gasteiger partial charge in [0.15, 0.2) is 0 Å². The van der Waals surface area contributed by atoms with Gasteiger partial charge in [0.2, 0.25) is 21.8 Å². The Labute approximate surface area is 227 Å². The number of nitrogens with one attached hydrogen (secondary N) is 1. The highest BCUT2D eigenvalue weighted by Crippen LogP contribution is 2.33. The molecule has 0 spiro atoms. The molecule has 1 saturated heterocycles. The van der Waals surface area contributed by atoms with Crippen molar-refractivity contribution in [2.75, 3.05) is 13.7 Å². The number of hydrogen-bond donors (Lipinski definition) is 1. The van der Waals surface area contributed by atoms with Crippen LogP contribution in [0.15, 0.2) is 53.7 Å². The molecule has 4 rings (SSSR count). The van der Waals surface area contributed by atoms with Gasteiger partial charge in [0.05, 0.1) is 12.0 Å². The minimum atomic E-state index is -4.70. The Balaban J connectivity index is 1.58. The van der Waals surface area contributed by atoms with E-state index in [9.17, 15) is 35.2 Å². The topological polar surface area (TPSA) is 101 Å². The number of amides is 1. The van der Waals surface area contributed by atoms with Crippen LogP contribution in [0, 0.1) is 5.82 Å². The Bertz CT molecular complexity index is 1480. The lowest BCUT2D eigenvalue weighted by atomic mass is 9.96. The molecular formula is C26H25F5N4O4S. The zero-order chi connectivity index (χ0) is 29.2. The van der Waals surface area contributed by atoms with Crippen molar-refractivity contribution < 1.29 is 39.9 Å². The third kappa shape index (κ3) is 6.07. The first-order valence-electron chi connectivity index (χ1n) is 12.1. The first-order chi connectivity index (χ1) is 18.8. The van der Waals surface area contributed by atoms with E-state index >= 15 is 0 Å². The monoisotopic (exact) mass is 584 g/mol. The normalized spacial score (nSPS) is 18.1. The summed E-state index contributed by atoms with van der Waals surface area (Å²) in [5.41, 5.74) is 1.99. The molecule has 1 aliphatic rings. The first kappa shape index (κ1) is 29.3. The van der Waals surface area contributed by atoms with E-state index < -0.39 is 52.5 Å². The quantitative estimate of drug-likeness (QED) is 0.397. The molecule has 1 aromatic heterocycles. The molecule has 1 N–H and O–H groups in total. The van der Waals surface area contributed by atoms with E-state index in [0.717, 1.165) is 46.5 Å². The summed E-state index contributed by atoms with van der Waals surface area (Å²) in [5, 5.41) is 2.61. The van der Waals surface area contributed by atoms with Gasteiger partial charge >= 0.3 is 6.18 Å². The van der Waals surface area contributed by atoms with Crippen LogP contribution in [-0.2, 0) is 34.0 Å². The molecule has 3 aromatic rings. The number of methoxy groups -OCH3 is 1. The SMILES string of the molecule is CCc1cc(OC)c(CNC(=O)C2CC(F)CN2S(=O)(=O)c2ccc(F)cc2)cc1-c1cnc(C(F)(F)F)nc1. The summed E-state index contributed by atoms with van der Waals surface area (Å²) >= 11 is 0. The van der Waals surface area contributed by atoms with E-state index in [1.807, 2.05) is 6.92 Å². The van der Waals surface area contributed by atoms with E-state index in [-0.39, 0.29) is 17.9 Å². The third-order valence-electron chi connectivity index (χ3n) is 6.48. The zero-order valence-corrected chi connectivity index (χ0v) is 22.2. The molecule has 14 heteroatoms. The molecule has 0 radical (unpaired) electrons. The highest BCUT2D eigenvalue weighted by molar-refractivity contribution is 7.89. The van der Waals surface area contributed by atoms with E-state index in [2.05, 4.69) is 15.3 Å². The van der Waals surface area contributed by atoms with Crippen molar-refractivity contribution in [3.05, 3.63) is 71.6 Å². The van der Waals surface area contributed by atoms with Gasteiger partial charge < -0.3 is 10.1 Å². The molecule has 0 aliphatic carbocycles. The van der Waals surface area contributed by atoms with Crippen LogP contribution in [0.3, 0.4) is 0 Å². The fourth-order valence-electron chi connectivity index (χ4n) is 4.47. The lowest BCUT2D eigenvalue weighted by Gasteiger charge is -2.23. The van der Waals surface area contributed by atoms with Crippen LogP contribution in [0.4, 0.5) is 22.0 Å². The first-order valence-corrected chi connectivity index (χ1v) is 13.6. The maximum absolute atomic E-state index is 14.4. The number of ether oxygens (including phenoxy) is 1. The van der Waals surface area contributed by atoms with E-state index in [0.29, 0.717) is 28.9 Å². The van der Waals surface area contributed by atoms with Gasteiger partial charge in [0.1, 0.15) is 23.8 Å². The highest BCUT2D eigenvalue weighted by Gasteiger charge is 2.44. The van der Waals surface area contributed by atoms with Gasteiger partial charge in [-0.3, -0.25) is 4.79 Å². The van der Waals surface area contributed by atoms with E-state index in [4.69, 9.17) is 4.74 Å². The summed E-state index contributed by atoms with van der Waals surface area (Å²) < 4.78 is 98.8. The number of aryl methyl sites for hydroxylation is 1. The molecule has 0 saturated carbocycles. The lowest BCUT2D eigenvalue weighted by molar-refractivity contribution is -0.145. The molecule has 1 aliphatic heterocycles. The fraction of sp³-hybridized carbons (Fsp3) is 0.346. The Kier molecular flexibility index (Phi) is 8.40. The predicted octanol–water partition coefficient (Wildman–Crippen LogP) is 4.29. The van der Waals surface area contributed by atoms with Gasteiger partial charge in [-0.2, -0.15) is 17.5 Å². The van der Waals surface area contributed by atoms with Crippen LogP contribution < -0.4 is 10.1 Å². The van der Waals surface area contributed by atoms with Crippen molar-refractivity contribution >= 4 is 15.9 Å². The molecule has 8 nitrogen and oxygen atoms in total. The van der Waals surface area contributed by atoms with Crippen molar-refractivity contribution in [1.29, 1.82) is 0 Å². The Morgan fingerprint density at radius 2 is 1.77 bits per heavy atom. The Morgan fingerprint density at radius 1 is 1.12 bits per heavy atom. The van der Waals surface area contributed by atoms with Crippen molar-refractivity contribution in [1.82, 2.24) is 19.6 Å². The fourth-order valence-corrected chi connectivity index (χ4v) is 6.10. The van der Waals surface area contributed by atoms with Crippen molar-refractivity contribution in [3.63, 3.8) is 0 Å². The number of rotatable bonds is 8. The van der Waals surface area contributed by atoms with Crippen LogP contribution in [0.1, 0.15) is 30.3 Å². The summed E-state index contributed by atoms with van der Waals surface area (Å²) in [6, 6.07) is 5.92. The second-order valence-corrected chi connectivity index (χ2v) is 11.0. The summed E-state index contributed by atoms with van der Waals surface area (Å²) in [7, 11) is -2.89. The molecule has 2 unspecified atom stereocenters. The number of hydrogen-bond acceptors (Lipinski definition) is 6. The number of carbonyl (C=O) groups excluding carboxylic acids is 1. The maximum Gasteiger partial charge on any atom is 0.451 e. The van der Waals surface area contributed by atoms with Gasteiger partial charge in [-0.25, -0.2) is 27.2 Å². The number of halogens is 5. The van der Waals surface area contributed by atoms with Gasteiger partial charge in [0, 0.05) is 43.0 Å². The average molecular weight is 585 g/mol. The van der Waals surface area contributed by atoms with Gasteiger partial charge in [-0.15, -0.1) is 0 Å². The van der Waals surface area contributed by atoms with E-state index in [1.165, 1.54) is 7.11 Å². The van der Waals surface area contributed by atoms with Crippen LogP contribution in [0.5, 0.6) is 5.75 Å². The lowest BCUT2D eigenvalue weighted by Crippen LogP contribution is -2.45. The third-order valence-corrected chi connectivity index (χ3v) is 8.37. The minimum Gasteiger partial charge on any atom is -0.496 e. The Hall–Kier alpha value is -3.65. The molecule has 1 fully saturated rings. The molecule has 0 bridgehead atoms. The largest absolute Gasteiger partial charge is 0.496 e. The standard InChI is InChI=1S/C26H25F5N4O4S/c1-3-15-9-23(39-2)16(8-21(15)17-12-33-25(34-13-17)26(29,30)31)11-32-24(36)22-10-19(28)14-35(22)40(37,38)20-6-4-18(27)5-7-20/h4-9,12-13,19,22H,3,10-11,14H2,1-2H3,(H,32,36). The molecular weight excluding hydrogens is 559 g/mol. The molecule has 2 atom stereocenters.